The molecule has 8 nitrogen and oxygen atoms in total. The van der Waals surface area contributed by atoms with Gasteiger partial charge in [0.1, 0.15) is 24.6 Å². The second-order valence-corrected chi connectivity index (χ2v) is 5.46. The van der Waals surface area contributed by atoms with Gasteiger partial charge in [0.25, 0.3) is 0 Å². The molecule has 0 fully saturated rings. The van der Waals surface area contributed by atoms with Crippen molar-refractivity contribution < 1.29 is 9.53 Å². The highest BCUT2D eigenvalue weighted by atomic mass is 16.5. The van der Waals surface area contributed by atoms with Gasteiger partial charge >= 0.3 is 0 Å². The summed E-state index contributed by atoms with van der Waals surface area (Å²) in [6.07, 6.45) is 5.00. The summed E-state index contributed by atoms with van der Waals surface area (Å²) in [7, 11) is 1.79. The third-order valence-corrected chi connectivity index (χ3v) is 3.26. The highest BCUT2D eigenvalue weighted by Crippen LogP contribution is 2.13. The predicted molar refractivity (Wildman–Crippen MR) is 87.4 cm³/mol. The molecule has 1 aromatic carbocycles. The molecule has 0 aliphatic carbocycles. The summed E-state index contributed by atoms with van der Waals surface area (Å²) in [5, 5.41) is 14.7. The third-order valence-electron chi connectivity index (χ3n) is 3.26. The van der Waals surface area contributed by atoms with Crippen LogP contribution in [0.1, 0.15) is 11.3 Å². The number of aryl methyl sites for hydroxylation is 2. The number of nitrogens with one attached hydrogen (secondary N) is 1. The molecule has 0 atom stereocenters. The second-order valence-electron chi connectivity index (χ2n) is 5.46. The molecule has 24 heavy (non-hydrogen) atoms. The molecule has 2 aromatic heterocycles. The zero-order valence-corrected chi connectivity index (χ0v) is 13.5. The first kappa shape index (κ1) is 15.7. The Balaban J connectivity index is 1.52. The van der Waals surface area contributed by atoms with Crippen LogP contribution < -0.4 is 10.1 Å². The first-order chi connectivity index (χ1) is 11.6. The minimum Gasteiger partial charge on any atom is -0.487 e. The highest BCUT2D eigenvalue weighted by Gasteiger charge is 2.08. The van der Waals surface area contributed by atoms with E-state index in [2.05, 4.69) is 20.7 Å². The van der Waals surface area contributed by atoms with E-state index in [1.54, 1.807) is 30.3 Å². The van der Waals surface area contributed by atoms with Gasteiger partial charge in [0.05, 0.1) is 18.1 Å². The molecule has 2 heterocycles. The lowest BCUT2D eigenvalue weighted by molar-refractivity contribution is -0.116. The van der Waals surface area contributed by atoms with Crippen LogP contribution in [0.2, 0.25) is 0 Å². The van der Waals surface area contributed by atoms with Gasteiger partial charge in [-0.25, -0.2) is 4.68 Å². The Labute approximate surface area is 139 Å². The lowest BCUT2D eigenvalue weighted by Crippen LogP contribution is -2.18. The van der Waals surface area contributed by atoms with Gasteiger partial charge in [-0.2, -0.15) is 5.10 Å². The molecule has 8 heteroatoms. The number of amides is 1. The molecular weight excluding hydrogens is 308 g/mol. The Morgan fingerprint density at radius 2 is 2.21 bits per heavy atom. The van der Waals surface area contributed by atoms with Crippen LogP contribution >= 0.6 is 0 Å². The second kappa shape index (κ2) is 6.95. The Hall–Kier alpha value is -3.16. The largest absolute Gasteiger partial charge is 0.487 e. The number of hydrogen-bond acceptors (Lipinski definition) is 5. The fraction of sp³-hybridized carbons (Fsp3) is 0.250. The number of aromatic nitrogens is 5. The van der Waals surface area contributed by atoms with Crippen molar-refractivity contribution in [3.05, 3.63) is 54.1 Å². The van der Waals surface area contributed by atoms with E-state index in [9.17, 15) is 4.79 Å². The fourth-order valence-corrected chi connectivity index (χ4v) is 2.18. The lowest BCUT2D eigenvalue weighted by atomic mass is 10.2. The normalized spacial score (nSPS) is 10.6. The number of carbonyl (C=O) groups is 1. The zero-order chi connectivity index (χ0) is 16.9. The maximum atomic E-state index is 11.9. The van der Waals surface area contributed by atoms with E-state index in [0.717, 1.165) is 11.3 Å². The number of hydrogen-bond donors (Lipinski definition) is 1. The SMILES string of the molecule is Cc1cccc(OCc2cn(CC(=O)Nc3cnn(C)c3)nn2)c1. The van der Waals surface area contributed by atoms with Crippen LogP contribution in [-0.2, 0) is 25.0 Å². The average Bonchev–Trinajstić information content (AvgIpc) is 3.14. The van der Waals surface area contributed by atoms with Gasteiger partial charge < -0.3 is 10.1 Å². The molecule has 0 aliphatic rings. The summed E-state index contributed by atoms with van der Waals surface area (Å²) in [6.45, 7) is 2.38. The number of ether oxygens (including phenoxy) is 1. The summed E-state index contributed by atoms with van der Waals surface area (Å²) >= 11 is 0. The first-order valence-electron chi connectivity index (χ1n) is 7.45. The van der Waals surface area contributed by atoms with Gasteiger partial charge in [-0.15, -0.1) is 5.10 Å². The van der Waals surface area contributed by atoms with Crippen molar-refractivity contribution in [1.29, 1.82) is 0 Å². The molecule has 0 saturated heterocycles. The highest BCUT2D eigenvalue weighted by molar-refractivity contribution is 5.90. The summed E-state index contributed by atoms with van der Waals surface area (Å²) in [5.41, 5.74) is 2.43. The number of benzene rings is 1. The molecule has 3 rings (SSSR count). The van der Waals surface area contributed by atoms with Crippen LogP contribution in [0.5, 0.6) is 5.75 Å². The van der Waals surface area contributed by atoms with Crippen LogP contribution in [0.25, 0.3) is 0 Å². The van der Waals surface area contributed by atoms with E-state index in [0.29, 0.717) is 18.0 Å². The van der Waals surface area contributed by atoms with Crippen molar-refractivity contribution in [2.24, 2.45) is 7.05 Å². The van der Waals surface area contributed by atoms with Crippen molar-refractivity contribution in [3.63, 3.8) is 0 Å². The minimum absolute atomic E-state index is 0.0757. The van der Waals surface area contributed by atoms with Gasteiger partial charge in [0.15, 0.2) is 0 Å². The minimum atomic E-state index is -0.195. The zero-order valence-electron chi connectivity index (χ0n) is 13.5. The van der Waals surface area contributed by atoms with Crippen molar-refractivity contribution in [2.45, 2.75) is 20.1 Å². The van der Waals surface area contributed by atoms with E-state index < -0.39 is 0 Å². The van der Waals surface area contributed by atoms with E-state index in [1.807, 2.05) is 31.2 Å². The number of rotatable bonds is 6. The summed E-state index contributed by atoms with van der Waals surface area (Å²) in [6, 6.07) is 7.78. The van der Waals surface area contributed by atoms with Crippen LogP contribution in [0.15, 0.2) is 42.9 Å². The van der Waals surface area contributed by atoms with E-state index in [1.165, 1.54) is 4.68 Å². The molecule has 3 aromatic rings. The Bertz CT molecular complexity index is 838. The molecule has 0 unspecified atom stereocenters. The number of carbonyl (C=O) groups excluding carboxylic acids is 1. The molecule has 0 bridgehead atoms. The van der Waals surface area contributed by atoms with Crippen molar-refractivity contribution in [3.8, 4) is 5.75 Å². The lowest BCUT2D eigenvalue weighted by Gasteiger charge is -2.04. The Kier molecular flexibility index (Phi) is 4.55. The monoisotopic (exact) mass is 326 g/mol. The van der Waals surface area contributed by atoms with Gasteiger partial charge in [-0.05, 0) is 24.6 Å². The quantitative estimate of drug-likeness (QED) is 0.742. The van der Waals surface area contributed by atoms with Crippen LogP contribution in [0.4, 0.5) is 5.69 Å². The van der Waals surface area contributed by atoms with E-state index in [4.69, 9.17) is 4.74 Å². The maximum Gasteiger partial charge on any atom is 0.246 e. The summed E-state index contributed by atoms with van der Waals surface area (Å²) in [5.74, 6) is 0.581. The summed E-state index contributed by atoms with van der Waals surface area (Å²) < 4.78 is 8.75. The van der Waals surface area contributed by atoms with Gasteiger partial charge in [-0.3, -0.25) is 9.48 Å². The molecule has 0 saturated carbocycles. The van der Waals surface area contributed by atoms with E-state index in [-0.39, 0.29) is 12.5 Å². The van der Waals surface area contributed by atoms with Crippen LogP contribution in [0, 0.1) is 6.92 Å². The third kappa shape index (κ3) is 4.19. The molecule has 1 amide bonds. The average molecular weight is 326 g/mol. The van der Waals surface area contributed by atoms with E-state index >= 15 is 0 Å². The Morgan fingerprint density at radius 1 is 1.33 bits per heavy atom. The fourth-order valence-electron chi connectivity index (χ4n) is 2.18. The Morgan fingerprint density at radius 3 is 2.96 bits per heavy atom. The van der Waals surface area contributed by atoms with Crippen molar-refractivity contribution in [1.82, 2.24) is 24.8 Å². The number of nitrogens with zero attached hydrogens (tertiary/aromatic N) is 5. The summed E-state index contributed by atoms with van der Waals surface area (Å²) in [4.78, 5) is 11.9. The standard InChI is InChI=1S/C16H18N6O2/c1-12-4-3-5-15(6-12)24-11-14-9-22(20-19-14)10-16(23)18-13-7-17-21(2)8-13/h3-9H,10-11H2,1-2H3,(H,18,23). The predicted octanol–water partition coefficient (Wildman–Crippen LogP) is 1.54. The van der Waals surface area contributed by atoms with Gasteiger partial charge in [0.2, 0.25) is 5.91 Å². The number of anilines is 1. The van der Waals surface area contributed by atoms with Crippen molar-refractivity contribution >= 4 is 11.6 Å². The van der Waals surface area contributed by atoms with Crippen LogP contribution in [-0.4, -0.2) is 30.7 Å². The van der Waals surface area contributed by atoms with Crippen molar-refractivity contribution in [2.75, 3.05) is 5.32 Å². The topological polar surface area (TPSA) is 86.9 Å². The maximum absolute atomic E-state index is 11.9. The molecular formula is C16H18N6O2. The smallest absolute Gasteiger partial charge is 0.246 e. The van der Waals surface area contributed by atoms with Gasteiger partial charge in [-0.1, -0.05) is 17.3 Å². The molecule has 0 spiro atoms. The molecule has 0 radical (unpaired) electrons. The molecule has 0 aliphatic heterocycles. The molecule has 124 valence electrons. The van der Waals surface area contributed by atoms with Crippen LogP contribution in [0.3, 0.4) is 0 Å². The van der Waals surface area contributed by atoms with Gasteiger partial charge in [0, 0.05) is 13.2 Å². The molecule has 1 N–H and O–H groups in total. The first-order valence-corrected chi connectivity index (χ1v) is 7.45.